The minimum absolute atomic E-state index is 0.0626. The molecular formula is C18H23F3N2OS. The van der Waals surface area contributed by atoms with Crippen LogP contribution in [0.15, 0.2) is 24.3 Å². The molecule has 0 bridgehead atoms. The number of rotatable bonds is 3. The van der Waals surface area contributed by atoms with Crippen molar-refractivity contribution in [2.75, 3.05) is 37.7 Å². The van der Waals surface area contributed by atoms with Crippen molar-refractivity contribution in [1.29, 1.82) is 0 Å². The Labute approximate surface area is 150 Å². The number of carbonyl (C=O) groups is 1. The topological polar surface area (TPSA) is 23.6 Å². The summed E-state index contributed by atoms with van der Waals surface area (Å²) in [5.74, 6) is 1.56. The summed E-state index contributed by atoms with van der Waals surface area (Å²) in [7, 11) is 0. The van der Waals surface area contributed by atoms with Crippen LogP contribution in [0.2, 0.25) is 0 Å². The van der Waals surface area contributed by atoms with Crippen molar-refractivity contribution in [2.45, 2.75) is 31.5 Å². The monoisotopic (exact) mass is 372 g/mol. The van der Waals surface area contributed by atoms with Gasteiger partial charge in [-0.05, 0) is 56.3 Å². The van der Waals surface area contributed by atoms with E-state index in [1.807, 2.05) is 11.8 Å². The summed E-state index contributed by atoms with van der Waals surface area (Å²) in [6.07, 6.45) is -1.19. The summed E-state index contributed by atoms with van der Waals surface area (Å²) in [6.45, 7) is 3.53. The summed E-state index contributed by atoms with van der Waals surface area (Å²) in [6, 6.07) is 4.86. The minimum Gasteiger partial charge on any atom is -0.334 e. The fraction of sp³-hybridized carbons (Fsp3) is 0.611. The molecule has 1 aromatic carbocycles. The minimum atomic E-state index is -4.43. The van der Waals surface area contributed by atoms with Crippen LogP contribution in [0.5, 0.6) is 0 Å². The second kappa shape index (κ2) is 7.99. The van der Waals surface area contributed by atoms with E-state index in [1.165, 1.54) is 25.0 Å². The molecule has 7 heteroatoms. The van der Waals surface area contributed by atoms with Crippen LogP contribution in [0.4, 0.5) is 13.2 Å². The molecule has 1 atom stereocenters. The van der Waals surface area contributed by atoms with Gasteiger partial charge in [0.15, 0.2) is 0 Å². The summed E-state index contributed by atoms with van der Waals surface area (Å²) >= 11 is 1.83. The molecule has 25 heavy (non-hydrogen) atoms. The van der Waals surface area contributed by atoms with Crippen LogP contribution in [-0.2, 0) is 6.18 Å². The smallest absolute Gasteiger partial charge is 0.334 e. The van der Waals surface area contributed by atoms with Crippen molar-refractivity contribution in [3.8, 4) is 0 Å². The van der Waals surface area contributed by atoms with E-state index in [9.17, 15) is 18.0 Å². The number of likely N-dealkylation sites (tertiary alicyclic amines) is 1. The molecule has 0 saturated carbocycles. The van der Waals surface area contributed by atoms with E-state index in [0.717, 1.165) is 49.7 Å². The molecule has 2 aliphatic rings. The lowest BCUT2D eigenvalue weighted by Crippen LogP contribution is -2.47. The summed E-state index contributed by atoms with van der Waals surface area (Å²) in [4.78, 5) is 17.1. The molecule has 1 amide bonds. The van der Waals surface area contributed by atoms with E-state index in [2.05, 4.69) is 4.90 Å². The Kier molecular flexibility index (Phi) is 5.94. The Morgan fingerprint density at radius 3 is 2.64 bits per heavy atom. The molecule has 1 aromatic rings. The number of nitrogens with zero attached hydrogens (tertiary/aromatic N) is 2. The van der Waals surface area contributed by atoms with Crippen LogP contribution >= 0.6 is 11.8 Å². The van der Waals surface area contributed by atoms with Gasteiger partial charge in [-0.1, -0.05) is 6.07 Å². The fourth-order valence-electron chi connectivity index (χ4n) is 3.51. The van der Waals surface area contributed by atoms with Gasteiger partial charge in [0, 0.05) is 24.4 Å². The molecule has 138 valence electrons. The maximum atomic E-state index is 13.0. The number of carbonyl (C=O) groups excluding carboxylic acids is 1. The first-order valence-corrected chi connectivity index (χ1v) is 9.89. The zero-order valence-corrected chi connectivity index (χ0v) is 14.9. The Morgan fingerprint density at radius 2 is 1.92 bits per heavy atom. The van der Waals surface area contributed by atoms with Crippen molar-refractivity contribution >= 4 is 17.7 Å². The van der Waals surface area contributed by atoms with Crippen molar-refractivity contribution in [1.82, 2.24) is 9.80 Å². The predicted octanol–water partition coefficient (Wildman–Crippen LogP) is 3.75. The molecule has 0 spiro atoms. The van der Waals surface area contributed by atoms with Crippen LogP contribution in [-0.4, -0.2) is 59.4 Å². The normalized spacial score (nSPS) is 22.8. The number of thioether (sulfide) groups is 1. The summed E-state index contributed by atoms with van der Waals surface area (Å²) in [5.41, 5.74) is -0.633. The second-order valence-electron chi connectivity index (χ2n) is 6.67. The van der Waals surface area contributed by atoms with Crippen LogP contribution < -0.4 is 0 Å². The highest BCUT2D eigenvalue weighted by molar-refractivity contribution is 7.99. The van der Waals surface area contributed by atoms with Crippen LogP contribution in [0.3, 0.4) is 0 Å². The molecule has 2 heterocycles. The van der Waals surface area contributed by atoms with E-state index in [1.54, 1.807) is 4.90 Å². The van der Waals surface area contributed by atoms with Crippen molar-refractivity contribution < 1.29 is 18.0 Å². The number of alkyl halides is 3. The number of benzene rings is 1. The summed E-state index contributed by atoms with van der Waals surface area (Å²) in [5, 5.41) is 0. The highest BCUT2D eigenvalue weighted by atomic mass is 32.2. The molecule has 0 radical (unpaired) electrons. The Balaban J connectivity index is 1.79. The largest absolute Gasteiger partial charge is 0.416 e. The van der Waals surface area contributed by atoms with Gasteiger partial charge in [0.1, 0.15) is 0 Å². The van der Waals surface area contributed by atoms with Gasteiger partial charge in [-0.25, -0.2) is 0 Å². The van der Waals surface area contributed by atoms with E-state index in [0.29, 0.717) is 6.54 Å². The van der Waals surface area contributed by atoms with Crippen LogP contribution in [0.25, 0.3) is 0 Å². The molecule has 0 aromatic heterocycles. The Hall–Kier alpha value is -1.21. The molecule has 0 N–H and O–H groups in total. The van der Waals surface area contributed by atoms with E-state index in [-0.39, 0.29) is 17.5 Å². The lowest BCUT2D eigenvalue weighted by atomic mass is 10.1. The van der Waals surface area contributed by atoms with E-state index in [4.69, 9.17) is 0 Å². The molecule has 2 saturated heterocycles. The van der Waals surface area contributed by atoms with Gasteiger partial charge in [-0.2, -0.15) is 24.9 Å². The predicted molar refractivity (Wildman–Crippen MR) is 93.9 cm³/mol. The Bertz CT molecular complexity index is 602. The third-order valence-electron chi connectivity index (χ3n) is 4.80. The van der Waals surface area contributed by atoms with Gasteiger partial charge >= 0.3 is 6.18 Å². The lowest BCUT2D eigenvalue weighted by molar-refractivity contribution is -0.137. The van der Waals surface area contributed by atoms with Gasteiger partial charge < -0.3 is 9.80 Å². The average Bonchev–Trinajstić information content (AvgIpc) is 2.98. The van der Waals surface area contributed by atoms with Crippen molar-refractivity contribution in [3.63, 3.8) is 0 Å². The number of hydrogen-bond acceptors (Lipinski definition) is 3. The molecule has 0 aliphatic carbocycles. The second-order valence-corrected chi connectivity index (χ2v) is 7.82. The number of amides is 1. The molecular weight excluding hydrogens is 349 g/mol. The molecule has 1 unspecified atom stereocenters. The first kappa shape index (κ1) is 18.6. The van der Waals surface area contributed by atoms with Gasteiger partial charge in [0.2, 0.25) is 0 Å². The highest BCUT2D eigenvalue weighted by Gasteiger charge is 2.33. The average molecular weight is 372 g/mol. The van der Waals surface area contributed by atoms with Crippen molar-refractivity contribution in [2.24, 2.45) is 0 Å². The van der Waals surface area contributed by atoms with Gasteiger partial charge in [-0.3, -0.25) is 4.79 Å². The molecule has 3 nitrogen and oxygen atoms in total. The third-order valence-corrected chi connectivity index (χ3v) is 6.00. The highest BCUT2D eigenvalue weighted by Crippen LogP contribution is 2.30. The van der Waals surface area contributed by atoms with E-state index < -0.39 is 11.7 Å². The first-order chi connectivity index (χ1) is 11.9. The molecule has 2 aliphatic heterocycles. The maximum absolute atomic E-state index is 13.0. The molecule has 2 fully saturated rings. The van der Waals surface area contributed by atoms with Gasteiger partial charge in [0.05, 0.1) is 11.6 Å². The van der Waals surface area contributed by atoms with E-state index >= 15 is 0 Å². The molecule has 3 rings (SSSR count). The lowest BCUT2D eigenvalue weighted by Gasteiger charge is -2.33. The summed E-state index contributed by atoms with van der Waals surface area (Å²) < 4.78 is 38.9. The zero-order chi connectivity index (χ0) is 17.9. The van der Waals surface area contributed by atoms with Gasteiger partial charge in [-0.15, -0.1) is 0 Å². The first-order valence-electron chi connectivity index (χ1n) is 8.73. The SMILES string of the molecule is O=C(c1cccc(C(F)(F)F)c1)N1CCCSCC1CN1CCCC1. The maximum Gasteiger partial charge on any atom is 0.416 e. The van der Waals surface area contributed by atoms with Gasteiger partial charge in [0.25, 0.3) is 5.91 Å². The quantitative estimate of drug-likeness (QED) is 0.807. The van der Waals surface area contributed by atoms with Crippen LogP contribution in [0, 0.1) is 0 Å². The Morgan fingerprint density at radius 1 is 1.16 bits per heavy atom. The third kappa shape index (κ3) is 4.70. The standard InChI is InChI=1S/C18H23F3N2OS/c19-18(20,21)15-6-3-5-14(11-15)17(24)23-9-4-10-25-13-16(23)12-22-7-1-2-8-22/h3,5-6,11,16H,1-2,4,7-10,12-13H2. The number of halogens is 3. The zero-order valence-electron chi connectivity index (χ0n) is 14.1. The number of hydrogen-bond donors (Lipinski definition) is 0. The fourth-order valence-corrected chi connectivity index (χ4v) is 4.56. The van der Waals surface area contributed by atoms with Crippen molar-refractivity contribution in [3.05, 3.63) is 35.4 Å². The van der Waals surface area contributed by atoms with Crippen LogP contribution in [0.1, 0.15) is 35.2 Å².